The van der Waals surface area contributed by atoms with Gasteiger partial charge < -0.3 is 0 Å². The highest BCUT2D eigenvalue weighted by Gasteiger charge is 2.16. The van der Waals surface area contributed by atoms with Gasteiger partial charge in [0.1, 0.15) is 11.4 Å². The lowest BCUT2D eigenvalue weighted by Gasteiger charge is -2.06. The minimum atomic E-state index is -3.34. The van der Waals surface area contributed by atoms with Crippen LogP contribution in [0.15, 0.2) is 81.5 Å². The van der Waals surface area contributed by atoms with Crippen molar-refractivity contribution in [3.8, 4) is 5.69 Å². The maximum atomic E-state index is 12.5. The van der Waals surface area contributed by atoms with E-state index in [2.05, 4.69) is 31.0 Å². The van der Waals surface area contributed by atoms with E-state index >= 15 is 0 Å². The van der Waals surface area contributed by atoms with Gasteiger partial charge in [0.25, 0.3) is 0 Å². The summed E-state index contributed by atoms with van der Waals surface area (Å²) in [6.45, 7) is 0. The molecule has 4 aromatic rings. The Bertz CT molecular complexity index is 1210. The van der Waals surface area contributed by atoms with Crippen LogP contribution in [0.5, 0.6) is 0 Å². The molecule has 0 saturated carbocycles. The molecule has 4 rings (SSSR count). The molecule has 9 heteroatoms. The molecule has 0 fully saturated rings. The summed E-state index contributed by atoms with van der Waals surface area (Å²) in [6.07, 6.45) is 3.20. The highest BCUT2D eigenvalue weighted by atomic mass is 79.9. The van der Waals surface area contributed by atoms with Crippen LogP contribution < -0.4 is 0 Å². The first-order chi connectivity index (χ1) is 13.5. The zero-order valence-electron chi connectivity index (χ0n) is 14.6. The Morgan fingerprint density at radius 1 is 1.00 bits per heavy atom. The largest absolute Gasteiger partial charge is 0.229 e. The van der Waals surface area contributed by atoms with Crippen molar-refractivity contribution >= 4 is 48.6 Å². The minimum Gasteiger partial charge on any atom is -0.229 e. The van der Waals surface area contributed by atoms with E-state index in [1.54, 1.807) is 35.1 Å². The van der Waals surface area contributed by atoms with Crippen LogP contribution in [-0.4, -0.2) is 39.7 Å². The normalized spacial score (nSPS) is 11.8. The van der Waals surface area contributed by atoms with Crippen LogP contribution in [0.2, 0.25) is 0 Å². The van der Waals surface area contributed by atoms with Gasteiger partial charge in [0.15, 0.2) is 15.5 Å². The van der Waals surface area contributed by atoms with Gasteiger partial charge in [-0.05, 0) is 36.4 Å². The number of fused-ring (bicyclic) bond motifs is 1. The van der Waals surface area contributed by atoms with E-state index in [1.807, 2.05) is 30.3 Å². The molecule has 0 N–H and O–H groups in total. The SMILES string of the molecule is O=S(=O)(CCSc1ncnc2c1cnn2-c1ccccc1)c1ccc(Br)cc1. The van der Waals surface area contributed by atoms with Crippen molar-refractivity contribution in [1.82, 2.24) is 19.7 Å². The average molecular weight is 475 g/mol. The summed E-state index contributed by atoms with van der Waals surface area (Å²) in [4.78, 5) is 8.98. The zero-order valence-corrected chi connectivity index (χ0v) is 17.8. The number of rotatable bonds is 6. The van der Waals surface area contributed by atoms with Crippen LogP contribution in [0.4, 0.5) is 0 Å². The second-order valence-corrected chi connectivity index (χ2v) is 10.0. The fourth-order valence-corrected chi connectivity index (χ4v) is 5.58. The maximum absolute atomic E-state index is 12.5. The Morgan fingerprint density at radius 3 is 2.50 bits per heavy atom. The van der Waals surface area contributed by atoms with Crippen molar-refractivity contribution in [3.05, 3.63) is 71.6 Å². The topological polar surface area (TPSA) is 77.7 Å². The second-order valence-electron chi connectivity index (χ2n) is 5.93. The number of sulfone groups is 1. The molecule has 6 nitrogen and oxygen atoms in total. The number of halogens is 1. The first kappa shape index (κ1) is 19.1. The van der Waals surface area contributed by atoms with E-state index in [4.69, 9.17) is 0 Å². The predicted molar refractivity (Wildman–Crippen MR) is 114 cm³/mol. The molecule has 142 valence electrons. The summed E-state index contributed by atoms with van der Waals surface area (Å²) < 4.78 is 27.6. The van der Waals surface area contributed by atoms with Gasteiger partial charge in [-0.25, -0.2) is 23.1 Å². The number of hydrogen-bond donors (Lipinski definition) is 0. The third-order valence-electron chi connectivity index (χ3n) is 4.09. The van der Waals surface area contributed by atoms with Gasteiger partial charge >= 0.3 is 0 Å². The van der Waals surface area contributed by atoms with Gasteiger partial charge in [-0.2, -0.15) is 5.10 Å². The third kappa shape index (κ3) is 3.96. The summed E-state index contributed by atoms with van der Waals surface area (Å²) in [5, 5.41) is 5.94. The van der Waals surface area contributed by atoms with Gasteiger partial charge in [0.05, 0.1) is 27.9 Å². The molecule has 2 heterocycles. The van der Waals surface area contributed by atoms with Crippen LogP contribution in [0.25, 0.3) is 16.7 Å². The monoisotopic (exact) mass is 474 g/mol. The summed E-state index contributed by atoms with van der Waals surface area (Å²) in [5.41, 5.74) is 1.60. The van der Waals surface area contributed by atoms with E-state index in [0.717, 1.165) is 20.6 Å². The number of thioether (sulfide) groups is 1. The lowest BCUT2D eigenvalue weighted by atomic mass is 10.3. The summed E-state index contributed by atoms with van der Waals surface area (Å²) in [5.74, 6) is 0.415. The average Bonchev–Trinajstić information content (AvgIpc) is 3.14. The number of aromatic nitrogens is 4. The maximum Gasteiger partial charge on any atom is 0.179 e. The van der Waals surface area contributed by atoms with Crippen LogP contribution >= 0.6 is 27.7 Å². The summed E-state index contributed by atoms with van der Waals surface area (Å²) in [6, 6.07) is 16.4. The highest BCUT2D eigenvalue weighted by Crippen LogP contribution is 2.26. The van der Waals surface area contributed by atoms with Crippen LogP contribution in [0.3, 0.4) is 0 Å². The molecule has 2 aromatic carbocycles. The molecule has 28 heavy (non-hydrogen) atoms. The van der Waals surface area contributed by atoms with Crippen LogP contribution in [-0.2, 0) is 9.84 Å². The van der Waals surface area contributed by atoms with Crippen molar-refractivity contribution in [2.45, 2.75) is 9.92 Å². The van der Waals surface area contributed by atoms with Gasteiger partial charge in [0, 0.05) is 10.2 Å². The molecule has 0 aliphatic heterocycles. The molecule has 0 aliphatic rings. The Kier molecular flexibility index (Phi) is 5.47. The number of nitrogens with zero attached hydrogens (tertiary/aromatic N) is 4. The second kappa shape index (κ2) is 8.02. The Morgan fingerprint density at radius 2 is 1.75 bits per heavy atom. The van der Waals surface area contributed by atoms with E-state index in [9.17, 15) is 8.42 Å². The standard InChI is InChI=1S/C19H15BrN4O2S2/c20-14-6-8-16(9-7-14)28(25,26)11-10-27-19-17-12-23-24(18(17)21-13-22-19)15-4-2-1-3-5-15/h1-9,12-13H,10-11H2. The lowest BCUT2D eigenvalue weighted by molar-refractivity contribution is 0.597. The molecule has 0 radical (unpaired) electrons. The van der Waals surface area contributed by atoms with Crippen molar-refractivity contribution in [3.63, 3.8) is 0 Å². The first-order valence-electron chi connectivity index (χ1n) is 8.40. The number of para-hydroxylation sites is 1. The van der Waals surface area contributed by atoms with Crippen molar-refractivity contribution in [1.29, 1.82) is 0 Å². The van der Waals surface area contributed by atoms with Gasteiger partial charge in [-0.3, -0.25) is 0 Å². The van der Waals surface area contributed by atoms with E-state index in [1.165, 1.54) is 18.1 Å². The van der Waals surface area contributed by atoms with E-state index < -0.39 is 9.84 Å². The summed E-state index contributed by atoms with van der Waals surface area (Å²) in [7, 11) is -3.34. The van der Waals surface area contributed by atoms with Crippen LogP contribution in [0, 0.1) is 0 Å². The van der Waals surface area contributed by atoms with Crippen LogP contribution in [0.1, 0.15) is 0 Å². The molecule has 0 amide bonds. The molecule has 0 unspecified atom stereocenters. The molecule has 0 spiro atoms. The molecular formula is C19H15BrN4O2S2. The fourth-order valence-electron chi connectivity index (χ4n) is 2.70. The summed E-state index contributed by atoms with van der Waals surface area (Å²) >= 11 is 4.71. The number of hydrogen-bond acceptors (Lipinski definition) is 6. The Hall–Kier alpha value is -2.23. The molecular weight excluding hydrogens is 460 g/mol. The Labute approximate surface area is 175 Å². The third-order valence-corrected chi connectivity index (χ3v) is 7.62. The lowest BCUT2D eigenvalue weighted by Crippen LogP contribution is -2.09. The molecule has 0 bridgehead atoms. The van der Waals surface area contributed by atoms with Crippen molar-refractivity contribution in [2.75, 3.05) is 11.5 Å². The fraction of sp³-hybridized carbons (Fsp3) is 0.105. The first-order valence-corrected chi connectivity index (χ1v) is 11.8. The number of benzene rings is 2. The smallest absolute Gasteiger partial charge is 0.179 e. The van der Waals surface area contributed by atoms with Gasteiger partial charge in [0.2, 0.25) is 0 Å². The Balaban J connectivity index is 1.53. The minimum absolute atomic E-state index is 0.0254. The van der Waals surface area contributed by atoms with Crippen molar-refractivity contribution in [2.24, 2.45) is 0 Å². The van der Waals surface area contributed by atoms with Gasteiger partial charge in [-0.15, -0.1) is 11.8 Å². The predicted octanol–water partition coefficient (Wildman–Crippen LogP) is 4.14. The highest BCUT2D eigenvalue weighted by molar-refractivity contribution is 9.10. The molecule has 0 saturated heterocycles. The van der Waals surface area contributed by atoms with E-state index in [-0.39, 0.29) is 5.75 Å². The molecule has 2 aromatic heterocycles. The van der Waals surface area contributed by atoms with Gasteiger partial charge in [-0.1, -0.05) is 34.1 Å². The molecule has 0 aliphatic carbocycles. The van der Waals surface area contributed by atoms with Crippen molar-refractivity contribution < 1.29 is 8.42 Å². The molecule has 0 atom stereocenters. The quantitative estimate of drug-likeness (QED) is 0.308. The zero-order chi connectivity index (χ0) is 19.6. The van der Waals surface area contributed by atoms with E-state index in [0.29, 0.717) is 16.3 Å².